The molecular formula is C15H28N2O2. The van der Waals surface area contributed by atoms with Crippen LogP contribution in [0.3, 0.4) is 0 Å². The van der Waals surface area contributed by atoms with Crippen molar-refractivity contribution in [2.24, 2.45) is 5.92 Å². The molecule has 0 aromatic heterocycles. The molecule has 19 heavy (non-hydrogen) atoms. The zero-order chi connectivity index (χ0) is 13.5. The fourth-order valence-corrected chi connectivity index (χ4v) is 3.11. The molecule has 2 rings (SSSR count). The molecule has 4 heteroatoms. The van der Waals surface area contributed by atoms with Crippen molar-refractivity contribution in [2.75, 3.05) is 33.3 Å². The van der Waals surface area contributed by atoms with Gasteiger partial charge in [0.1, 0.15) is 0 Å². The molecule has 0 radical (unpaired) electrons. The van der Waals surface area contributed by atoms with Crippen LogP contribution in [0.1, 0.15) is 44.9 Å². The van der Waals surface area contributed by atoms with Crippen LogP contribution in [0.2, 0.25) is 0 Å². The van der Waals surface area contributed by atoms with Gasteiger partial charge in [0, 0.05) is 19.7 Å². The first kappa shape index (κ1) is 14.8. The molecule has 1 aliphatic heterocycles. The second kappa shape index (κ2) is 7.85. The third-order valence-electron chi connectivity index (χ3n) is 4.27. The summed E-state index contributed by atoms with van der Waals surface area (Å²) in [6, 6.07) is 0. The minimum absolute atomic E-state index is 0.189. The van der Waals surface area contributed by atoms with Crippen molar-refractivity contribution in [2.45, 2.75) is 51.0 Å². The Morgan fingerprint density at radius 1 is 1.26 bits per heavy atom. The Kier molecular flexibility index (Phi) is 6.11. The lowest BCUT2D eigenvalue weighted by Crippen LogP contribution is -2.41. The number of likely N-dealkylation sites (tertiary alicyclic amines) is 1. The highest BCUT2D eigenvalue weighted by molar-refractivity contribution is 5.78. The highest BCUT2D eigenvalue weighted by Gasteiger charge is 2.23. The molecule has 1 unspecified atom stereocenters. The van der Waals surface area contributed by atoms with E-state index >= 15 is 0 Å². The third-order valence-corrected chi connectivity index (χ3v) is 4.27. The molecule has 0 bridgehead atoms. The average Bonchev–Trinajstić information content (AvgIpc) is 2.91. The van der Waals surface area contributed by atoms with Crippen molar-refractivity contribution in [3.8, 4) is 0 Å². The minimum Gasteiger partial charge on any atom is -0.378 e. The first-order valence-corrected chi connectivity index (χ1v) is 7.83. The summed E-state index contributed by atoms with van der Waals surface area (Å²) >= 11 is 0. The molecule has 1 aliphatic carbocycles. The Labute approximate surface area is 116 Å². The summed E-state index contributed by atoms with van der Waals surface area (Å²) in [5.74, 6) is 0.418. The molecular weight excluding hydrogens is 240 g/mol. The summed E-state index contributed by atoms with van der Waals surface area (Å²) in [7, 11) is 2.09. The Hall–Kier alpha value is -0.610. The lowest BCUT2D eigenvalue weighted by molar-refractivity contribution is -0.126. The Morgan fingerprint density at radius 3 is 2.79 bits per heavy atom. The predicted octanol–water partition coefficient (Wildman–Crippen LogP) is 1.79. The van der Waals surface area contributed by atoms with Crippen molar-refractivity contribution < 1.29 is 9.53 Å². The Morgan fingerprint density at radius 2 is 2.05 bits per heavy atom. The van der Waals surface area contributed by atoms with E-state index in [2.05, 4.69) is 17.3 Å². The molecule has 1 N–H and O–H groups in total. The van der Waals surface area contributed by atoms with Crippen LogP contribution in [0.25, 0.3) is 0 Å². The van der Waals surface area contributed by atoms with Crippen LogP contribution in [-0.2, 0) is 9.53 Å². The predicted molar refractivity (Wildman–Crippen MR) is 76.1 cm³/mol. The molecule has 0 aromatic rings. The van der Waals surface area contributed by atoms with Gasteiger partial charge in [0.15, 0.2) is 0 Å². The van der Waals surface area contributed by atoms with Crippen LogP contribution in [0.4, 0.5) is 0 Å². The van der Waals surface area contributed by atoms with Gasteiger partial charge in [-0.2, -0.15) is 0 Å². The fraction of sp³-hybridized carbons (Fsp3) is 0.933. The van der Waals surface area contributed by atoms with Crippen molar-refractivity contribution in [1.29, 1.82) is 0 Å². The highest BCUT2D eigenvalue weighted by atomic mass is 16.5. The van der Waals surface area contributed by atoms with E-state index in [1.165, 1.54) is 25.7 Å². The van der Waals surface area contributed by atoms with E-state index in [-0.39, 0.29) is 11.8 Å². The molecule has 0 spiro atoms. The number of piperidine rings is 1. The van der Waals surface area contributed by atoms with Gasteiger partial charge in [-0.05, 0) is 45.7 Å². The quantitative estimate of drug-likeness (QED) is 0.747. The number of nitrogens with one attached hydrogen (secondary N) is 1. The van der Waals surface area contributed by atoms with Gasteiger partial charge in [0.2, 0.25) is 5.91 Å². The molecule has 1 saturated heterocycles. The SMILES string of the molecule is CN1CCCC(C(=O)NCCCOC2CCCC2)C1. The van der Waals surface area contributed by atoms with E-state index in [1.807, 2.05) is 0 Å². The van der Waals surface area contributed by atoms with Gasteiger partial charge in [-0.15, -0.1) is 0 Å². The van der Waals surface area contributed by atoms with Gasteiger partial charge in [-0.25, -0.2) is 0 Å². The zero-order valence-electron chi connectivity index (χ0n) is 12.2. The van der Waals surface area contributed by atoms with Gasteiger partial charge in [0.25, 0.3) is 0 Å². The summed E-state index contributed by atoms with van der Waals surface area (Å²) in [4.78, 5) is 14.2. The third kappa shape index (κ3) is 5.11. The van der Waals surface area contributed by atoms with Crippen molar-refractivity contribution in [3.63, 3.8) is 0 Å². The molecule has 4 nitrogen and oxygen atoms in total. The number of amides is 1. The lowest BCUT2D eigenvalue weighted by Gasteiger charge is -2.28. The van der Waals surface area contributed by atoms with E-state index in [0.717, 1.165) is 45.5 Å². The normalized spacial score (nSPS) is 25.6. The van der Waals surface area contributed by atoms with Gasteiger partial charge >= 0.3 is 0 Å². The molecule has 2 fully saturated rings. The van der Waals surface area contributed by atoms with Crippen molar-refractivity contribution in [3.05, 3.63) is 0 Å². The van der Waals surface area contributed by atoms with Crippen molar-refractivity contribution in [1.82, 2.24) is 10.2 Å². The minimum atomic E-state index is 0.189. The van der Waals surface area contributed by atoms with Crippen LogP contribution in [-0.4, -0.2) is 50.2 Å². The van der Waals surface area contributed by atoms with Crippen LogP contribution in [0, 0.1) is 5.92 Å². The van der Waals surface area contributed by atoms with Crippen LogP contribution in [0.15, 0.2) is 0 Å². The number of hydrogen-bond donors (Lipinski definition) is 1. The summed E-state index contributed by atoms with van der Waals surface area (Å²) in [6.07, 6.45) is 8.68. The Bertz CT molecular complexity index is 277. The van der Waals surface area contributed by atoms with E-state index in [4.69, 9.17) is 4.74 Å². The molecule has 1 atom stereocenters. The van der Waals surface area contributed by atoms with Gasteiger partial charge in [0.05, 0.1) is 12.0 Å². The van der Waals surface area contributed by atoms with E-state index in [0.29, 0.717) is 6.10 Å². The second-order valence-electron chi connectivity index (χ2n) is 6.02. The number of carbonyl (C=O) groups excluding carboxylic acids is 1. The molecule has 1 amide bonds. The maximum atomic E-state index is 12.0. The maximum Gasteiger partial charge on any atom is 0.224 e. The first-order chi connectivity index (χ1) is 9.25. The summed E-state index contributed by atoms with van der Waals surface area (Å²) in [5, 5.41) is 3.05. The topological polar surface area (TPSA) is 41.6 Å². The fourth-order valence-electron chi connectivity index (χ4n) is 3.11. The molecule has 2 aliphatic rings. The molecule has 0 aromatic carbocycles. The molecule has 1 heterocycles. The number of hydrogen-bond acceptors (Lipinski definition) is 3. The number of rotatable bonds is 6. The number of ether oxygens (including phenoxy) is 1. The van der Waals surface area contributed by atoms with Gasteiger partial charge in [-0.3, -0.25) is 4.79 Å². The largest absolute Gasteiger partial charge is 0.378 e. The van der Waals surface area contributed by atoms with Gasteiger partial charge in [-0.1, -0.05) is 12.8 Å². The van der Waals surface area contributed by atoms with Crippen LogP contribution in [0.5, 0.6) is 0 Å². The molecule has 110 valence electrons. The maximum absolute atomic E-state index is 12.0. The highest BCUT2D eigenvalue weighted by Crippen LogP contribution is 2.20. The summed E-state index contributed by atoms with van der Waals surface area (Å²) in [6.45, 7) is 3.57. The Balaban J connectivity index is 1.51. The molecule has 1 saturated carbocycles. The van der Waals surface area contributed by atoms with E-state index < -0.39 is 0 Å². The number of carbonyl (C=O) groups is 1. The summed E-state index contributed by atoms with van der Waals surface area (Å²) in [5.41, 5.74) is 0. The second-order valence-corrected chi connectivity index (χ2v) is 6.02. The summed E-state index contributed by atoms with van der Waals surface area (Å²) < 4.78 is 5.79. The lowest BCUT2D eigenvalue weighted by atomic mass is 9.97. The zero-order valence-corrected chi connectivity index (χ0v) is 12.2. The average molecular weight is 268 g/mol. The van der Waals surface area contributed by atoms with Crippen LogP contribution < -0.4 is 5.32 Å². The van der Waals surface area contributed by atoms with Crippen molar-refractivity contribution >= 4 is 5.91 Å². The first-order valence-electron chi connectivity index (χ1n) is 7.83. The standard InChI is InChI=1S/C15H28N2O2/c1-17-10-4-6-13(12-17)15(18)16-9-5-11-19-14-7-2-3-8-14/h13-14H,2-12H2,1H3,(H,16,18). The van der Waals surface area contributed by atoms with Gasteiger partial charge < -0.3 is 15.0 Å². The van der Waals surface area contributed by atoms with E-state index in [1.54, 1.807) is 0 Å². The smallest absolute Gasteiger partial charge is 0.224 e. The van der Waals surface area contributed by atoms with Crippen LogP contribution >= 0.6 is 0 Å². The number of nitrogens with zero attached hydrogens (tertiary/aromatic N) is 1. The monoisotopic (exact) mass is 268 g/mol. The van der Waals surface area contributed by atoms with E-state index in [9.17, 15) is 4.79 Å².